The van der Waals surface area contributed by atoms with E-state index in [1.807, 2.05) is 48.2 Å². The zero-order chi connectivity index (χ0) is 15.1. The number of carbonyl (C=O) groups is 1. The number of ketones is 1. The summed E-state index contributed by atoms with van der Waals surface area (Å²) in [6.07, 6.45) is 0. The van der Waals surface area contributed by atoms with Gasteiger partial charge in [0.05, 0.1) is 24.5 Å². The minimum atomic E-state index is -0.0741. The summed E-state index contributed by atoms with van der Waals surface area (Å²) >= 11 is 0. The highest BCUT2D eigenvalue weighted by Crippen LogP contribution is 2.41. The van der Waals surface area contributed by atoms with Gasteiger partial charge in [0.25, 0.3) is 0 Å². The Hall–Kier alpha value is -2.34. The molecule has 0 radical (unpaired) electrons. The summed E-state index contributed by atoms with van der Waals surface area (Å²) in [5.74, 6) is 0.845. The number of β-amino-alcohol motifs (C(OH)–C–C–N with tert-alkyl or cyclic N) is 1. The largest absolute Gasteiger partial charge is 0.395 e. The van der Waals surface area contributed by atoms with E-state index in [2.05, 4.69) is 0 Å². The first-order chi connectivity index (χ1) is 10.1. The standard InChI is InChI=1S/C15H18N4O2/c1-17-10-5-3-4-6-11(10)18(2)15(17)13-12(21)9-19(7-8-20)14(13)16/h3-6,16,20H,7-9H2,1-2H3. The molecule has 2 heterocycles. The number of benzene rings is 1. The number of aliphatic hydroxyl groups is 1. The van der Waals surface area contributed by atoms with Gasteiger partial charge in [-0.15, -0.1) is 0 Å². The number of Topliss-reactive ketones (excluding diaryl/α,β-unsaturated/α-hetero) is 1. The monoisotopic (exact) mass is 286 g/mol. The van der Waals surface area contributed by atoms with Crippen molar-refractivity contribution < 1.29 is 9.90 Å². The molecule has 2 aliphatic rings. The van der Waals surface area contributed by atoms with Gasteiger partial charge in [-0.1, -0.05) is 12.1 Å². The number of nitrogens with zero attached hydrogens (tertiary/aromatic N) is 3. The first-order valence-corrected chi connectivity index (χ1v) is 6.85. The predicted molar refractivity (Wildman–Crippen MR) is 81.7 cm³/mol. The number of amidine groups is 1. The zero-order valence-corrected chi connectivity index (χ0v) is 12.1. The Balaban J connectivity index is 2.08. The van der Waals surface area contributed by atoms with Gasteiger partial charge in [-0.3, -0.25) is 10.2 Å². The lowest BCUT2D eigenvalue weighted by atomic mass is 10.2. The Morgan fingerprint density at radius 2 is 1.76 bits per heavy atom. The third-order valence-corrected chi connectivity index (χ3v) is 4.00. The van der Waals surface area contributed by atoms with Crippen molar-refractivity contribution in [2.75, 3.05) is 43.6 Å². The van der Waals surface area contributed by atoms with Crippen LogP contribution in [0.1, 0.15) is 0 Å². The smallest absolute Gasteiger partial charge is 0.189 e. The highest BCUT2D eigenvalue weighted by Gasteiger charge is 2.38. The van der Waals surface area contributed by atoms with Crippen LogP contribution in [-0.4, -0.2) is 55.4 Å². The van der Waals surface area contributed by atoms with E-state index in [-0.39, 0.29) is 24.8 Å². The number of para-hydroxylation sites is 2. The number of hydrogen-bond acceptors (Lipinski definition) is 5. The van der Waals surface area contributed by atoms with Crippen LogP contribution in [0.2, 0.25) is 0 Å². The van der Waals surface area contributed by atoms with Crippen molar-refractivity contribution in [1.82, 2.24) is 4.90 Å². The van der Waals surface area contributed by atoms with E-state index in [1.165, 1.54) is 0 Å². The van der Waals surface area contributed by atoms with Gasteiger partial charge >= 0.3 is 0 Å². The van der Waals surface area contributed by atoms with Crippen molar-refractivity contribution >= 4 is 23.0 Å². The molecule has 0 atom stereocenters. The normalized spacial score (nSPS) is 18.1. The molecule has 110 valence electrons. The summed E-state index contributed by atoms with van der Waals surface area (Å²) in [6.45, 7) is 0.405. The third-order valence-electron chi connectivity index (χ3n) is 4.00. The Labute approximate surface area is 123 Å². The Bertz CT molecular complexity index is 622. The number of likely N-dealkylation sites (tertiary alicyclic amines) is 1. The van der Waals surface area contributed by atoms with Gasteiger partial charge in [0.2, 0.25) is 0 Å². The van der Waals surface area contributed by atoms with Gasteiger partial charge in [-0.05, 0) is 12.1 Å². The van der Waals surface area contributed by atoms with Gasteiger partial charge in [0.15, 0.2) is 5.78 Å². The number of aliphatic hydroxyl groups excluding tert-OH is 1. The molecule has 0 aliphatic carbocycles. The fourth-order valence-electron chi connectivity index (χ4n) is 2.98. The van der Waals surface area contributed by atoms with Gasteiger partial charge in [0, 0.05) is 20.6 Å². The summed E-state index contributed by atoms with van der Waals surface area (Å²) in [5, 5.41) is 17.3. The molecule has 0 spiro atoms. The van der Waals surface area contributed by atoms with E-state index in [4.69, 9.17) is 10.5 Å². The Morgan fingerprint density at radius 3 is 2.29 bits per heavy atom. The van der Waals surface area contributed by atoms with E-state index in [9.17, 15) is 4.79 Å². The molecule has 3 rings (SSSR count). The topological polar surface area (TPSA) is 70.9 Å². The van der Waals surface area contributed by atoms with Crippen LogP contribution in [0.4, 0.5) is 11.4 Å². The maximum absolute atomic E-state index is 12.3. The molecule has 0 amide bonds. The molecule has 1 fully saturated rings. The number of hydrogen-bond donors (Lipinski definition) is 2. The van der Waals surface area contributed by atoms with Crippen molar-refractivity contribution in [1.29, 1.82) is 5.41 Å². The van der Waals surface area contributed by atoms with E-state index in [1.54, 1.807) is 4.90 Å². The maximum Gasteiger partial charge on any atom is 0.189 e. The lowest BCUT2D eigenvalue weighted by Gasteiger charge is -2.21. The van der Waals surface area contributed by atoms with Gasteiger partial charge < -0.3 is 19.8 Å². The number of rotatable bonds is 2. The van der Waals surface area contributed by atoms with Crippen molar-refractivity contribution in [3.05, 3.63) is 35.7 Å². The van der Waals surface area contributed by atoms with Crippen LogP contribution in [0.25, 0.3) is 0 Å². The van der Waals surface area contributed by atoms with E-state index in [0.29, 0.717) is 12.1 Å². The molecule has 21 heavy (non-hydrogen) atoms. The highest BCUT2D eigenvalue weighted by atomic mass is 16.3. The van der Waals surface area contributed by atoms with E-state index in [0.717, 1.165) is 17.2 Å². The summed E-state index contributed by atoms with van der Waals surface area (Å²) in [7, 11) is 3.81. The van der Waals surface area contributed by atoms with Crippen molar-refractivity contribution in [2.45, 2.75) is 0 Å². The SMILES string of the molecule is CN1C(=C2C(=N)N(CCO)CC2=O)N(C)c2ccccc21. The average Bonchev–Trinajstić information content (AvgIpc) is 2.88. The molecule has 0 aromatic heterocycles. The Kier molecular flexibility index (Phi) is 3.17. The van der Waals surface area contributed by atoms with Crippen molar-refractivity contribution in [3.8, 4) is 0 Å². The lowest BCUT2D eigenvalue weighted by molar-refractivity contribution is -0.114. The third kappa shape index (κ3) is 1.91. The molecule has 1 aromatic rings. The number of nitrogens with one attached hydrogen (secondary N) is 1. The summed E-state index contributed by atoms with van der Waals surface area (Å²) < 4.78 is 0. The lowest BCUT2D eigenvalue weighted by Crippen LogP contribution is -2.30. The summed E-state index contributed by atoms with van der Waals surface area (Å²) in [5.41, 5.74) is 2.46. The quantitative estimate of drug-likeness (QED) is 0.781. The van der Waals surface area contributed by atoms with Gasteiger partial charge in [-0.2, -0.15) is 0 Å². The fourth-order valence-corrected chi connectivity index (χ4v) is 2.98. The van der Waals surface area contributed by atoms with Crippen molar-refractivity contribution in [2.24, 2.45) is 0 Å². The molecule has 1 aromatic carbocycles. The average molecular weight is 286 g/mol. The van der Waals surface area contributed by atoms with Crippen LogP contribution < -0.4 is 9.80 Å². The summed E-state index contributed by atoms with van der Waals surface area (Å²) in [4.78, 5) is 17.8. The van der Waals surface area contributed by atoms with Gasteiger partial charge in [0.1, 0.15) is 17.2 Å². The van der Waals surface area contributed by atoms with Crippen LogP contribution in [-0.2, 0) is 4.79 Å². The molecule has 0 bridgehead atoms. The molecule has 6 nitrogen and oxygen atoms in total. The van der Waals surface area contributed by atoms with Crippen LogP contribution in [0.15, 0.2) is 35.7 Å². The Morgan fingerprint density at radius 1 is 1.19 bits per heavy atom. The second-order valence-corrected chi connectivity index (χ2v) is 5.22. The number of carbonyl (C=O) groups excluding carboxylic acids is 1. The highest BCUT2D eigenvalue weighted by molar-refractivity contribution is 6.27. The maximum atomic E-state index is 12.3. The molecule has 6 heteroatoms. The first kappa shape index (κ1) is 13.6. The molecule has 2 aliphatic heterocycles. The molecule has 1 saturated heterocycles. The second-order valence-electron chi connectivity index (χ2n) is 5.22. The molecule has 0 unspecified atom stereocenters. The molecular formula is C15H18N4O2. The minimum absolute atomic E-state index is 0.0653. The first-order valence-electron chi connectivity index (χ1n) is 6.85. The van der Waals surface area contributed by atoms with Crippen molar-refractivity contribution in [3.63, 3.8) is 0 Å². The van der Waals surface area contributed by atoms with Crippen LogP contribution in [0.5, 0.6) is 0 Å². The van der Waals surface area contributed by atoms with Crippen LogP contribution >= 0.6 is 0 Å². The predicted octanol–water partition coefficient (Wildman–Crippen LogP) is 0.638. The fraction of sp³-hybridized carbons (Fsp3) is 0.333. The summed E-state index contributed by atoms with van der Waals surface area (Å²) in [6, 6.07) is 7.90. The van der Waals surface area contributed by atoms with Gasteiger partial charge in [-0.25, -0.2) is 0 Å². The minimum Gasteiger partial charge on any atom is -0.395 e. The molecular weight excluding hydrogens is 268 g/mol. The zero-order valence-electron chi connectivity index (χ0n) is 12.1. The van der Waals surface area contributed by atoms with Crippen LogP contribution in [0.3, 0.4) is 0 Å². The van der Waals surface area contributed by atoms with Crippen LogP contribution in [0, 0.1) is 5.41 Å². The number of fused-ring (bicyclic) bond motifs is 1. The number of anilines is 2. The van der Waals surface area contributed by atoms with E-state index < -0.39 is 0 Å². The molecule has 0 saturated carbocycles. The van der Waals surface area contributed by atoms with E-state index >= 15 is 0 Å². The molecule has 2 N–H and O–H groups in total. The second kappa shape index (κ2) is 4.89.